The molecule has 0 N–H and O–H groups in total. The van der Waals surface area contributed by atoms with Crippen LogP contribution in [0.3, 0.4) is 0 Å². The molecule has 0 aliphatic rings. The number of benzene rings is 2. The van der Waals surface area contributed by atoms with Crippen molar-refractivity contribution in [1.29, 1.82) is 0 Å². The zero-order chi connectivity index (χ0) is 13.9. The Bertz CT molecular complexity index is 588. The Labute approximate surface area is 108 Å². The van der Waals surface area contributed by atoms with Gasteiger partial charge in [-0.15, -0.1) is 0 Å². The number of hydrogen-bond donors (Lipinski definition) is 0. The number of carbonyl (C=O) groups is 1. The molecule has 0 atom stereocenters. The molecule has 1 nitrogen and oxygen atoms in total. The van der Waals surface area contributed by atoms with Crippen molar-refractivity contribution in [2.75, 3.05) is 0 Å². The summed E-state index contributed by atoms with van der Waals surface area (Å²) in [4.78, 5) is 10.6. The topological polar surface area (TPSA) is 17.1 Å². The molecular weight excluding hydrogens is 253 g/mol. The van der Waals surface area contributed by atoms with Crippen LogP contribution in [-0.4, -0.2) is 6.29 Å². The Morgan fingerprint density at radius 2 is 1.58 bits per heavy atom. The molecule has 0 saturated heterocycles. The maximum Gasteiger partial charge on any atom is 0.416 e. The lowest BCUT2D eigenvalue weighted by molar-refractivity contribution is -0.137. The Morgan fingerprint density at radius 3 is 2.21 bits per heavy atom. The van der Waals surface area contributed by atoms with Crippen LogP contribution in [0.15, 0.2) is 48.5 Å². The first-order valence-electron chi connectivity index (χ1n) is 5.69. The molecular formula is C15H11F3O. The van der Waals surface area contributed by atoms with E-state index >= 15 is 0 Å². The highest BCUT2D eigenvalue weighted by molar-refractivity contribution is 5.74. The minimum Gasteiger partial charge on any atom is -0.298 e. The van der Waals surface area contributed by atoms with Crippen LogP contribution in [-0.2, 0) is 12.6 Å². The molecule has 0 bridgehead atoms. The third-order valence-corrected chi connectivity index (χ3v) is 2.75. The first-order valence-corrected chi connectivity index (χ1v) is 5.69. The van der Waals surface area contributed by atoms with E-state index in [9.17, 15) is 18.0 Å². The van der Waals surface area contributed by atoms with Crippen LogP contribution in [0.4, 0.5) is 13.2 Å². The van der Waals surface area contributed by atoms with Gasteiger partial charge in [-0.1, -0.05) is 36.4 Å². The molecule has 0 saturated carbocycles. The Kier molecular flexibility index (Phi) is 3.69. The predicted octanol–water partition coefficient (Wildman–Crippen LogP) is 4.11. The van der Waals surface area contributed by atoms with E-state index in [4.69, 9.17) is 0 Å². The maximum absolute atomic E-state index is 12.6. The molecule has 2 rings (SSSR count). The maximum atomic E-state index is 12.6. The lowest BCUT2D eigenvalue weighted by atomic mass is 10.0. The molecule has 0 aromatic heterocycles. The summed E-state index contributed by atoms with van der Waals surface area (Å²) < 4.78 is 37.7. The average molecular weight is 264 g/mol. The molecule has 0 spiro atoms. The van der Waals surface area contributed by atoms with Crippen molar-refractivity contribution in [3.63, 3.8) is 0 Å². The number of hydrogen-bond acceptors (Lipinski definition) is 1. The quantitative estimate of drug-likeness (QED) is 0.762. The molecule has 0 amide bonds. The van der Waals surface area contributed by atoms with Crippen molar-refractivity contribution in [3.05, 3.63) is 70.8 Å². The zero-order valence-corrected chi connectivity index (χ0v) is 9.95. The van der Waals surface area contributed by atoms with Crippen molar-refractivity contribution in [1.82, 2.24) is 0 Å². The van der Waals surface area contributed by atoms with Gasteiger partial charge >= 0.3 is 6.18 Å². The first-order chi connectivity index (χ1) is 8.99. The molecule has 0 fully saturated rings. The van der Waals surface area contributed by atoms with E-state index in [-0.39, 0.29) is 0 Å². The summed E-state index contributed by atoms with van der Waals surface area (Å²) in [6.07, 6.45) is -3.25. The summed E-state index contributed by atoms with van der Waals surface area (Å²) in [5, 5.41) is 0. The summed E-state index contributed by atoms with van der Waals surface area (Å²) in [7, 11) is 0. The van der Waals surface area contributed by atoms with Gasteiger partial charge in [0, 0.05) is 5.56 Å². The Hall–Kier alpha value is -2.10. The van der Waals surface area contributed by atoms with Gasteiger partial charge < -0.3 is 0 Å². The lowest BCUT2D eigenvalue weighted by Gasteiger charge is -2.09. The third-order valence-electron chi connectivity index (χ3n) is 2.75. The van der Waals surface area contributed by atoms with Gasteiger partial charge in [-0.3, -0.25) is 4.79 Å². The van der Waals surface area contributed by atoms with Crippen LogP contribution in [0.2, 0.25) is 0 Å². The van der Waals surface area contributed by atoms with Crippen LogP contribution < -0.4 is 0 Å². The van der Waals surface area contributed by atoms with Crippen molar-refractivity contribution in [3.8, 4) is 0 Å². The van der Waals surface area contributed by atoms with Crippen molar-refractivity contribution in [2.45, 2.75) is 12.6 Å². The smallest absolute Gasteiger partial charge is 0.298 e. The second-order valence-electron chi connectivity index (χ2n) is 4.24. The second kappa shape index (κ2) is 5.26. The van der Waals surface area contributed by atoms with Crippen LogP contribution in [0.1, 0.15) is 27.0 Å². The van der Waals surface area contributed by atoms with Crippen LogP contribution >= 0.6 is 0 Å². The number of rotatable bonds is 3. The van der Waals surface area contributed by atoms with Gasteiger partial charge in [-0.25, -0.2) is 0 Å². The molecule has 4 heteroatoms. The van der Waals surface area contributed by atoms with Gasteiger partial charge in [0.15, 0.2) is 0 Å². The minimum atomic E-state index is -4.33. The van der Waals surface area contributed by atoms with E-state index in [1.807, 2.05) is 0 Å². The van der Waals surface area contributed by atoms with Crippen LogP contribution in [0, 0.1) is 0 Å². The van der Waals surface area contributed by atoms with Gasteiger partial charge in [0.05, 0.1) is 5.56 Å². The lowest BCUT2D eigenvalue weighted by Crippen LogP contribution is -2.05. The summed E-state index contributed by atoms with van der Waals surface area (Å²) in [6.45, 7) is 0. The fraction of sp³-hybridized carbons (Fsp3) is 0.133. The zero-order valence-electron chi connectivity index (χ0n) is 9.95. The molecule has 0 radical (unpaired) electrons. The van der Waals surface area contributed by atoms with Gasteiger partial charge in [0.25, 0.3) is 0 Å². The fourth-order valence-corrected chi connectivity index (χ4v) is 1.87. The molecule has 0 heterocycles. The molecule has 2 aromatic rings. The SMILES string of the molecule is O=Cc1cccc(Cc2cccc(C(F)(F)F)c2)c1. The number of alkyl halides is 3. The van der Waals surface area contributed by atoms with Crippen molar-refractivity contribution >= 4 is 6.29 Å². The largest absolute Gasteiger partial charge is 0.416 e. The summed E-state index contributed by atoms with van der Waals surface area (Å²) in [5.41, 5.74) is 1.24. The highest BCUT2D eigenvalue weighted by atomic mass is 19.4. The van der Waals surface area contributed by atoms with E-state index in [0.717, 1.165) is 24.0 Å². The number of halogens is 3. The van der Waals surface area contributed by atoms with Crippen molar-refractivity contribution in [2.24, 2.45) is 0 Å². The molecule has 0 aliphatic carbocycles. The molecule has 2 aromatic carbocycles. The molecule has 0 aliphatic heterocycles. The van der Waals surface area contributed by atoms with Crippen LogP contribution in [0.5, 0.6) is 0 Å². The monoisotopic (exact) mass is 264 g/mol. The summed E-state index contributed by atoms with van der Waals surface area (Å²) in [6, 6.07) is 12.0. The third kappa shape index (κ3) is 3.44. The molecule has 19 heavy (non-hydrogen) atoms. The highest BCUT2D eigenvalue weighted by Crippen LogP contribution is 2.29. The second-order valence-corrected chi connectivity index (χ2v) is 4.24. The Morgan fingerprint density at radius 1 is 0.947 bits per heavy atom. The van der Waals surface area contributed by atoms with E-state index in [1.165, 1.54) is 6.07 Å². The standard InChI is InChI=1S/C15H11F3O/c16-15(17,18)14-6-2-4-12(9-14)7-11-3-1-5-13(8-11)10-19/h1-6,8-10H,7H2. The average Bonchev–Trinajstić information content (AvgIpc) is 2.38. The van der Waals surface area contributed by atoms with Crippen LogP contribution in [0.25, 0.3) is 0 Å². The van der Waals surface area contributed by atoms with E-state index < -0.39 is 11.7 Å². The van der Waals surface area contributed by atoms with Crippen molar-refractivity contribution < 1.29 is 18.0 Å². The normalized spacial score (nSPS) is 11.3. The summed E-state index contributed by atoms with van der Waals surface area (Å²) >= 11 is 0. The number of aldehydes is 1. The van der Waals surface area contributed by atoms with E-state index in [2.05, 4.69) is 0 Å². The van der Waals surface area contributed by atoms with E-state index in [1.54, 1.807) is 30.3 Å². The van der Waals surface area contributed by atoms with Gasteiger partial charge in [0.2, 0.25) is 0 Å². The highest BCUT2D eigenvalue weighted by Gasteiger charge is 2.30. The number of carbonyl (C=O) groups excluding carboxylic acids is 1. The first kappa shape index (κ1) is 13.3. The van der Waals surface area contributed by atoms with E-state index in [0.29, 0.717) is 17.5 Å². The minimum absolute atomic E-state index is 0.367. The van der Waals surface area contributed by atoms with Gasteiger partial charge in [-0.05, 0) is 29.7 Å². The van der Waals surface area contributed by atoms with Gasteiger partial charge in [-0.2, -0.15) is 13.2 Å². The summed E-state index contributed by atoms with van der Waals surface area (Å²) in [5.74, 6) is 0. The fourth-order valence-electron chi connectivity index (χ4n) is 1.87. The Balaban J connectivity index is 2.25. The molecule has 98 valence electrons. The molecule has 0 unspecified atom stereocenters. The van der Waals surface area contributed by atoms with Gasteiger partial charge in [0.1, 0.15) is 6.29 Å². The predicted molar refractivity (Wildman–Crippen MR) is 66.1 cm³/mol.